The van der Waals surface area contributed by atoms with Crippen molar-refractivity contribution in [2.75, 3.05) is 6.54 Å². The van der Waals surface area contributed by atoms with E-state index in [1.165, 1.54) is 6.92 Å². The predicted octanol–water partition coefficient (Wildman–Crippen LogP) is 1.94. The molecule has 0 radical (unpaired) electrons. The minimum Gasteiger partial charge on any atom is -0.458 e. The molecule has 0 aliphatic carbocycles. The van der Waals surface area contributed by atoms with Gasteiger partial charge in [0.25, 0.3) is 0 Å². The van der Waals surface area contributed by atoms with Crippen LogP contribution in [0.4, 0.5) is 4.39 Å². The maximum Gasteiger partial charge on any atom is 0.240 e. The van der Waals surface area contributed by atoms with Gasteiger partial charge in [0, 0.05) is 11.9 Å². The van der Waals surface area contributed by atoms with Gasteiger partial charge in [-0.2, -0.15) is 5.21 Å². The van der Waals surface area contributed by atoms with Crippen LogP contribution in [0.15, 0.2) is 57.8 Å². The average Bonchev–Trinajstić information content (AvgIpc) is 3.37. The third-order valence-corrected chi connectivity index (χ3v) is 5.80. The molecule has 150 valence electrons. The largest absolute Gasteiger partial charge is 0.458 e. The molecule has 0 aliphatic rings. The summed E-state index contributed by atoms with van der Waals surface area (Å²) in [6, 6.07) is 12.0. The fraction of sp³-hybridized carbons (Fsp3) is 0.167. The number of fused-ring (bicyclic) bond motifs is 1. The summed E-state index contributed by atoms with van der Waals surface area (Å²) in [7, 11) is -4.07. The number of aromatic amines is 1. The second-order valence-corrected chi connectivity index (χ2v) is 8.39. The molecule has 9 nitrogen and oxygen atoms in total. The Kier molecular flexibility index (Phi) is 4.65. The fourth-order valence-corrected chi connectivity index (χ4v) is 3.93. The lowest BCUT2D eigenvalue weighted by Crippen LogP contribution is -2.38. The Balaban J connectivity index is 1.58. The molecular weight excluding hydrogens is 401 g/mol. The van der Waals surface area contributed by atoms with E-state index in [0.717, 1.165) is 23.6 Å². The van der Waals surface area contributed by atoms with Crippen LogP contribution < -0.4 is 4.72 Å². The van der Waals surface area contributed by atoms with Crippen molar-refractivity contribution in [1.82, 2.24) is 25.3 Å². The Bertz CT molecular complexity index is 1240. The maximum atomic E-state index is 14.0. The summed E-state index contributed by atoms with van der Waals surface area (Å²) in [5, 5.41) is 24.4. The molecule has 3 N–H and O–H groups in total. The van der Waals surface area contributed by atoms with E-state index in [0.29, 0.717) is 5.58 Å². The summed E-state index contributed by atoms with van der Waals surface area (Å²) < 4.78 is 47.3. The summed E-state index contributed by atoms with van der Waals surface area (Å²) in [5.41, 5.74) is -1.15. The molecular formula is C18H16FN5O4S. The van der Waals surface area contributed by atoms with Gasteiger partial charge in [0.2, 0.25) is 15.8 Å². The number of para-hydroxylation sites is 1. The molecule has 4 aromatic rings. The lowest BCUT2D eigenvalue weighted by molar-refractivity contribution is 0.0412. The summed E-state index contributed by atoms with van der Waals surface area (Å²) in [5.74, 6) is -0.554. The number of furan rings is 1. The first-order chi connectivity index (χ1) is 13.8. The van der Waals surface area contributed by atoms with Gasteiger partial charge in [-0.05, 0) is 42.5 Å². The Morgan fingerprint density at radius 1 is 1.24 bits per heavy atom. The van der Waals surface area contributed by atoms with Crippen LogP contribution in [0, 0.1) is 5.82 Å². The number of hydrogen-bond donors (Lipinski definition) is 3. The number of benzene rings is 2. The molecule has 0 saturated carbocycles. The molecule has 0 aliphatic heterocycles. The van der Waals surface area contributed by atoms with E-state index in [1.807, 2.05) is 12.1 Å². The molecule has 1 unspecified atom stereocenters. The molecule has 1 atom stereocenters. The van der Waals surface area contributed by atoms with E-state index in [-0.39, 0.29) is 28.6 Å². The highest BCUT2D eigenvalue weighted by Gasteiger charge is 2.30. The van der Waals surface area contributed by atoms with Crippen molar-refractivity contribution in [3.05, 3.63) is 60.1 Å². The number of nitrogens with one attached hydrogen (secondary N) is 2. The number of H-pyrrole nitrogens is 1. The number of aromatic nitrogens is 4. The van der Waals surface area contributed by atoms with Crippen molar-refractivity contribution in [3.8, 4) is 11.4 Å². The lowest BCUT2D eigenvalue weighted by atomic mass is 10.0. The Morgan fingerprint density at radius 2 is 2.03 bits per heavy atom. The number of hydrogen-bond acceptors (Lipinski definition) is 7. The quantitative estimate of drug-likeness (QED) is 0.436. The minimum atomic E-state index is -4.07. The van der Waals surface area contributed by atoms with Gasteiger partial charge in [0.15, 0.2) is 0 Å². The number of sulfonamides is 1. The predicted molar refractivity (Wildman–Crippen MR) is 101 cm³/mol. The molecule has 0 spiro atoms. The minimum absolute atomic E-state index is 0.0752. The van der Waals surface area contributed by atoms with Crippen molar-refractivity contribution in [2.45, 2.75) is 17.4 Å². The maximum absolute atomic E-state index is 14.0. The van der Waals surface area contributed by atoms with Gasteiger partial charge in [-0.25, -0.2) is 17.5 Å². The zero-order valence-corrected chi connectivity index (χ0v) is 15.9. The van der Waals surface area contributed by atoms with Gasteiger partial charge < -0.3 is 9.52 Å². The monoisotopic (exact) mass is 417 g/mol. The first-order valence-electron chi connectivity index (χ1n) is 8.51. The van der Waals surface area contributed by atoms with Gasteiger partial charge in [-0.3, -0.25) is 0 Å². The SMILES string of the molecule is CC(O)(CNS(=O)(=O)c1ccc(F)c(-c2nn[nH]n2)c1)c1cc2ccccc2o1. The topological polar surface area (TPSA) is 134 Å². The molecule has 11 heteroatoms. The molecule has 2 aromatic carbocycles. The molecule has 2 heterocycles. The fourth-order valence-electron chi connectivity index (χ4n) is 2.77. The summed E-state index contributed by atoms with van der Waals surface area (Å²) in [6.07, 6.45) is 0. The third kappa shape index (κ3) is 3.75. The standard InChI is InChI=1S/C18H16FN5O4S/c1-18(25,16-8-11-4-2-3-5-15(11)28-16)10-20-29(26,27)12-6-7-14(19)13(9-12)17-21-23-24-22-17/h2-9,20,25H,10H2,1H3,(H,21,22,23,24). The summed E-state index contributed by atoms with van der Waals surface area (Å²) in [4.78, 5) is -0.209. The zero-order valence-electron chi connectivity index (χ0n) is 15.1. The van der Waals surface area contributed by atoms with Crippen LogP contribution in [0.3, 0.4) is 0 Å². The van der Waals surface area contributed by atoms with Crippen LogP contribution >= 0.6 is 0 Å². The Hall–Kier alpha value is -3.15. The third-order valence-electron chi connectivity index (χ3n) is 4.40. The van der Waals surface area contributed by atoms with Gasteiger partial charge in [0.05, 0.1) is 10.5 Å². The van der Waals surface area contributed by atoms with E-state index in [1.54, 1.807) is 18.2 Å². The lowest BCUT2D eigenvalue weighted by Gasteiger charge is -2.21. The molecule has 0 fully saturated rings. The van der Waals surface area contributed by atoms with Crippen LogP contribution in [0.5, 0.6) is 0 Å². The van der Waals surface area contributed by atoms with Crippen LogP contribution in [-0.4, -0.2) is 40.7 Å². The molecule has 2 aromatic heterocycles. The Morgan fingerprint density at radius 3 is 2.76 bits per heavy atom. The van der Waals surface area contributed by atoms with E-state index in [2.05, 4.69) is 25.3 Å². The number of tetrazole rings is 1. The molecule has 29 heavy (non-hydrogen) atoms. The summed E-state index contributed by atoms with van der Waals surface area (Å²) in [6.45, 7) is 1.08. The first kappa shape index (κ1) is 19.2. The van der Waals surface area contributed by atoms with Crippen molar-refractivity contribution in [2.24, 2.45) is 0 Å². The average molecular weight is 417 g/mol. The highest BCUT2D eigenvalue weighted by atomic mass is 32.2. The number of aliphatic hydroxyl groups is 1. The van der Waals surface area contributed by atoms with Crippen molar-refractivity contribution >= 4 is 21.0 Å². The van der Waals surface area contributed by atoms with E-state index >= 15 is 0 Å². The second-order valence-electron chi connectivity index (χ2n) is 6.62. The highest BCUT2D eigenvalue weighted by Crippen LogP contribution is 2.28. The normalized spacial score (nSPS) is 14.2. The number of nitrogens with zero attached hydrogens (tertiary/aromatic N) is 3. The second kappa shape index (κ2) is 7.03. The zero-order chi connectivity index (χ0) is 20.6. The van der Waals surface area contributed by atoms with Crippen molar-refractivity contribution in [3.63, 3.8) is 0 Å². The molecule has 0 saturated heterocycles. The number of rotatable bonds is 6. The summed E-state index contributed by atoms with van der Waals surface area (Å²) >= 11 is 0. The van der Waals surface area contributed by atoms with Crippen LogP contribution in [0.25, 0.3) is 22.4 Å². The van der Waals surface area contributed by atoms with Crippen LogP contribution in [0.2, 0.25) is 0 Å². The molecule has 0 amide bonds. The van der Waals surface area contributed by atoms with Crippen molar-refractivity contribution < 1.29 is 22.3 Å². The van der Waals surface area contributed by atoms with Gasteiger partial charge in [-0.1, -0.05) is 18.2 Å². The van der Waals surface area contributed by atoms with Crippen molar-refractivity contribution in [1.29, 1.82) is 0 Å². The van der Waals surface area contributed by atoms with Gasteiger partial charge in [-0.15, -0.1) is 10.2 Å². The molecule has 0 bridgehead atoms. The highest BCUT2D eigenvalue weighted by molar-refractivity contribution is 7.89. The van der Waals surface area contributed by atoms with E-state index in [9.17, 15) is 17.9 Å². The van der Waals surface area contributed by atoms with Gasteiger partial charge >= 0.3 is 0 Å². The van der Waals surface area contributed by atoms with E-state index in [4.69, 9.17) is 4.42 Å². The first-order valence-corrected chi connectivity index (χ1v) is 9.99. The smallest absolute Gasteiger partial charge is 0.240 e. The number of halogens is 1. The van der Waals surface area contributed by atoms with Crippen LogP contribution in [0.1, 0.15) is 12.7 Å². The van der Waals surface area contributed by atoms with Gasteiger partial charge in [0.1, 0.15) is 22.8 Å². The van der Waals surface area contributed by atoms with E-state index < -0.39 is 21.4 Å². The van der Waals surface area contributed by atoms with Crippen LogP contribution in [-0.2, 0) is 15.6 Å². The molecule has 4 rings (SSSR count). The Labute approximate surface area is 164 Å².